The lowest BCUT2D eigenvalue weighted by Gasteiger charge is -2.10. The quantitative estimate of drug-likeness (QED) is 0.314. The molecule has 0 aliphatic heterocycles. The molecule has 164 valence electrons. The van der Waals surface area contributed by atoms with E-state index in [9.17, 15) is 4.79 Å². The van der Waals surface area contributed by atoms with Crippen molar-refractivity contribution in [2.45, 2.75) is 31.1 Å². The highest BCUT2D eigenvalue weighted by molar-refractivity contribution is 7.99. The normalized spacial score (nSPS) is 10.9. The Morgan fingerprint density at radius 2 is 1.84 bits per heavy atom. The minimum Gasteiger partial charge on any atom is -0.351 e. The van der Waals surface area contributed by atoms with Gasteiger partial charge in [-0.1, -0.05) is 78.0 Å². The largest absolute Gasteiger partial charge is 0.351 e. The maximum Gasteiger partial charge on any atom is 0.230 e. The van der Waals surface area contributed by atoms with Gasteiger partial charge in [0.05, 0.1) is 5.75 Å². The molecule has 0 radical (unpaired) electrons. The molecule has 2 heterocycles. The van der Waals surface area contributed by atoms with Crippen LogP contribution in [0.4, 0.5) is 0 Å². The van der Waals surface area contributed by atoms with Gasteiger partial charge in [0.15, 0.2) is 5.16 Å². The van der Waals surface area contributed by atoms with Crippen LogP contribution < -0.4 is 5.32 Å². The number of aryl methyl sites for hydroxylation is 1. The van der Waals surface area contributed by atoms with E-state index in [-0.39, 0.29) is 11.7 Å². The summed E-state index contributed by atoms with van der Waals surface area (Å²) in [6, 6.07) is 22.0. The minimum absolute atomic E-state index is 0.0627. The Hall–Kier alpha value is -2.61. The van der Waals surface area contributed by atoms with Gasteiger partial charge in [-0.3, -0.25) is 4.79 Å². The number of amides is 1. The van der Waals surface area contributed by atoms with Gasteiger partial charge in [-0.25, -0.2) is 0 Å². The van der Waals surface area contributed by atoms with Crippen LogP contribution in [-0.2, 0) is 30.7 Å². The van der Waals surface area contributed by atoms with Crippen molar-refractivity contribution in [1.82, 2.24) is 20.1 Å². The van der Waals surface area contributed by atoms with Crippen LogP contribution >= 0.6 is 34.7 Å². The Kier molecular flexibility index (Phi) is 7.98. The highest BCUT2D eigenvalue weighted by atomic mass is 35.5. The fourth-order valence-electron chi connectivity index (χ4n) is 3.25. The number of nitrogens with zero attached hydrogens (tertiary/aromatic N) is 3. The third-order valence-corrected chi connectivity index (χ3v) is 7.15. The lowest BCUT2D eigenvalue weighted by molar-refractivity contribution is -0.118. The van der Waals surface area contributed by atoms with Crippen LogP contribution in [0.15, 0.2) is 77.3 Å². The van der Waals surface area contributed by atoms with Crippen molar-refractivity contribution < 1.29 is 4.79 Å². The molecular formula is C24H23ClN4OS2. The number of benzene rings is 2. The maximum atomic E-state index is 12.4. The molecule has 4 aromatic rings. The van der Waals surface area contributed by atoms with Crippen molar-refractivity contribution in [2.75, 3.05) is 5.75 Å². The zero-order chi connectivity index (χ0) is 22.2. The molecule has 0 fully saturated rings. The van der Waals surface area contributed by atoms with Crippen LogP contribution in [0.5, 0.6) is 0 Å². The molecule has 0 spiro atoms. The smallest absolute Gasteiger partial charge is 0.230 e. The first-order valence-corrected chi connectivity index (χ1v) is 12.5. The molecule has 0 saturated heterocycles. The molecule has 0 aliphatic rings. The molecular weight excluding hydrogens is 460 g/mol. The summed E-state index contributed by atoms with van der Waals surface area (Å²) >= 11 is 9.29. The van der Waals surface area contributed by atoms with Crippen molar-refractivity contribution in [1.29, 1.82) is 0 Å². The molecule has 8 heteroatoms. The molecule has 5 nitrogen and oxygen atoms in total. The molecule has 2 aromatic heterocycles. The number of hydrogen-bond acceptors (Lipinski definition) is 5. The average molecular weight is 483 g/mol. The number of aromatic nitrogens is 3. The van der Waals surface area contributed by atoms with Gasteiger partial charge in [0.25, 0.3) is 0 Å². The first-order chi connectivity index (χ1) is 15.7. The first kappa shape index (κ1) is 22.6. The highest BCUT2D eigenvalue weighted by Crippen LogP contribution is 2.21. The van der Waals surface area contributed by atoms with Crippen LogP contribution in [0.3, 0.4) is 0 Å². The fourth-order valence-corrected chi connectivity index (χ4v) is 4.97. The number of carbonyl (C=O) groups excluding carboxylic acids is 1. The third-order valence-electron chi connectivity index (χ3n) is 4.94. The van der Waals surface area contributed by atoms with Crippen LogP contribution in [0.1, 0.15) is 21.8 Å². The summed E-state index contributed by atoms with van der Waals surface area (Å²) in [4.78, 5) is 13.7. The van der Waals surface area contributed by atoms with E-state index in [4.69, 9.17) is 11.6 Å². The maximum absolute atomic E-state index is 12.4. The van der Waals surface area contributed by atoms with Crippen molar-refractivity contribution in [3.05, 3.63) is 99.0 Å². The minimum atomic E-state index is -0.0627. The fraction of sp³-hybridized carbons (Fsp3) is 0.208. The molecule has 1 N–H and O–H groups in total. The van der Waals surface area contributed by atoms with Gasteiger partial charge >= 0.3 is 0 Å². The van der Waals surface area contributed by atoms with E-state index in [1.54, 1.807) is 11.3 Å². The van der Waals surface area contributed by atoms with Gasteiger partial charge in [-0.05, 0) is 35.1 Å². The van der Waals surface area contributed by atoms with Crippen molar-refractivity contribution in [2.24, 2.45) is 0 Å². The second kappa shape index (κ2) is 11.3. The van der Waals surface area contributed by atoms with Crippen LogP contribution in [-0.4, -0.2) is 26.4 Å². The summed E-state index contributed by atoms with van der Waals surface area (Å²) in [5.74, 6) is 1.13. The standard InChI is InChI=1S/C24H23ClN4OS2/c25-21-11-5-4-9-19(21)16-26-23(30)17-32-24-28-27-22(15-20-10-6-14-31-20)29(24)13-12-18-7-2-1-3-8-18/h1-11,14H,12-13,15-17H2,(H,26,30). The molecule has 1 amide bonds. The van der Waals surface area contributed by atoms with Crippen LogP contribution in [0.2, 0.25) is 5.02 Å². The third kappa shape index (κ3) is 6.22. The second-order valence-electron chi connectivity index (χ2n) is 7.20. The van der Waals surface area contributed by atoms with Gasteiger partial charge < -0.3 is 9.88 Å². The van der Waals surface area contributed by atoms with Gasteiger partial charge in [-0.15, -0.1) is 21.5 Å². The van der Waals surface area contributed by atoms with E-state index in [1.807, 2.05) is 48.5 Å². The van der Waals surface area contributed by atoms with E-state index >= 15 is 0 Å². The van der Waals surface area contributed by atoms with Crippen molar-refractivity contribution in [3.63, 3.8) is 0 Å². The molecule has 0 saturated carbocycles. The van der Waals surface area contributed by atoms with Gasteiger partial charge in [0.1, 0.15) is 5.82 Å². The van der Waals surface area contributed by atoms with Gasteiger partial charge in [0.2, 0.25) is 5.91 Å². The molecule has 32 heavy (non-hydrogen) atoms. The topological polar surface area (TPSA) is 59.8 Å². The molecule has 4 rings (SSSR count). The molecule has 0 aliphatic carbocycles. The van der Waals surface area contributed by atoms with E-state index in [1.165, 1.54) is 22.2 Å². The van der Waals surface area contributed by atoms with E-state index in [0.717, 1.165) is 35.9 Å². The number of rotatable bonds is 10. The Morgan fingerprint density at radius 3 is 2.62 bits per heavy atom. The number of carbonyl (C=O) groups is 1. The Labute approximate surface area is 200 Å². The first-order valence-electron chi connectivity index (χ1n) is 10.3. The number of thioether (sulfide) groups is 1. The van der Waals surface area contributed by atoms with E-state index in [0.29, 0.717) is 11.6 Å². The van der Waals surface area contributed by atoms with Gasteiger partial charge in [-0.2, -0.15) is 0 Å². The molecule has 0 bridgehead atoms. The predicted molar refractivity (Wildman–Crippen MR) is 131 cm³/mol. The predicted octanol–water partition coefficient (Wildman–Crippen LogP) is 5.24. The zero-order valence-electron chi connectivity index (χ0n) is 17.4. The summed E-state index contributed by atoms with van der Waals surface area (Å²) in [7, 11) is 0. The Bertz CT molecular complexity index is 1150. The van der Waals surface area contributed by atoms with Crippen LogP contribution in [0.25, 0.3) is 0 Å². The van der Waals surface area contributed by atoms with Gasteiger partial charge in [0, 0.05) is 29.4 Å². The number of halogens is 1. The van der Waals surface area contributed by atoms with Crippen LogP contribution in [0, 0.1) is 0 Å². The summed E-state index contributed by atoms with van der Waals surface area (Å²) in [5.41, 5.74) is 2.16. The van der Waals surface area contributed by atoms with Crippen molar-refractivity contribution in [3.8, 4) is 0 Å². The van der Waals surface area contributed by atoms with Crippen molar-refractivity contribution >= 4 is 40.6 Å². The summed E-state index contributed by atoms with van der Waals surface area (Å²) in [6.07, 6.45) is 1.61. The average Bonchev–Trinajstić information content (AvgIpc) is 3.46. The summed E-state index contributed by atoms with van der Waals surface area (Å²) < 4.78 is 2.14. The monoisotopic (exact) mass is 482 g/mol. The molecule has 2 aromatic carbocycles. The SMILES string of the molecule is O=C(CSc1nnc(Cc2cccs2)n1CCc1ccccc1)NCc1ccccc1Cl. The second-order valence-corrected chi connectivity index (χ2v) is 9.58. The zero-order valence-corrected chi connectivity index (χ0v) is 19.8. The summed E-state index contributed by atoms with van der Waals surface area (Å²) in [5, 5.41) is 15.2. The van der Waals surface area contributed by atoms with E-state index in [2.05, 4.69) is 43.7 Å². The lowest BCUT2D eigenvalue weighted by Crippen LogP contribution is -2.25. The lowest BCUT2D eigenvalue weighted by atomic mass is 10.1. The Morgan fingerprint density at radius 1 is 1.03 bits per heavy atom. The summed E-state index contributed by atoms with van der Waals surface area (Å²) in [6.45, 7) is 1.17. The molecule has 0 unspecified atom stereocenters. The van der Waals surface area contributed by atoms with E-state index < -0.39 is 0 Å². The Balaban J connectivity index is 1.40. The molecule has 0 atom stereocenters. The number of nitrogens with one attached hydrogen (secondary N) is 1. The number of hydrogen-bond donors (Lipinski definition) is 1. The number of thiophene rings is 1. The highest BCUT2D eigenvalue weighted by Gasteiger charge is 2.15.